The summed E-state index contributed by atoms with van der Waals surface area (Å²) >= 11 is 0. The van der Waals surface area contributed by atoms with Gasteiger partial charge in [0.05, 0.1) is 22.9 Å². The maximum Gasteiger partial charge on any atom is 0.394 e. The lowest BCUT2D eigenvalue weighted by Crippen LogP contribution is -2.42. The van der Waals surface area contributed by atoms with E-state index in [9.17, 15) is 24.3 Å². The number of hydrogen-bond acceptors (Lipinski definition) is 6. The molecule has 2 aromatic carbocycles. The zero-order valence-corrected chi connectivity index (χ0v) is 21.5. The van der Waals surface area contributed by atoms with Gasteiger partial charge < -0.3 is 29.8 Å². The van der Waals surface area contributed by atoms with Crippen molar-refractivity contribution in [1.29, 1.82) is 0 Å². The maximum absolute atomic E-state index is 13.1. The van der Waals surface area contributed by atoms with Gasteiger partial charge in [0.2, 0.25) is 0 Å². The van der Waals surface area contributed by atoms with Crippen LogP contribution in [-0.4, -0.2) is 49.6 Å². The van der Waals surface area contributed by atoms with Crippen LogP contribution in [0.3, 0.4) is 0 Å². The summed E-state index contributed by atoms with van der Waals surface area (Å²) in [6, 6.07) is 12.2. The third-order valence-corrected chi connectivity index (χ3v) is 7.12. The Balaban J connectivity index is 1.35. The van der Waals surface area contributed by atoms with Crippen LogP contribution in [0.15, 0.2) is 65.5 Å². The van der Waals surface area contributed by atoms with Gasteiger partial charge in [-0.15, -0.1) is 0 Å². The number of amides is 2. The molecule has 0 saturated heterocycles. The lowest BCUT2D eigenvalue weighted by molar-refractivity contribution is -0.147. The molecule has 0 unspecified atom stereocenters. The van der Waals surface area contributed by atoms with Crippen LogP contribution >= 0.6 is 0 Å². The molecular formula is C29H28N4O7. The summed E-state index contributed by atoms with van der Waals surface area (Å²) in [5, 5.41) is 23.3. The minimum atomic E-state index is -1.62. The minimum Gasteiger partial charge on any atom is -0.480 e. The second kappa shape index (κ2) is 11.4. The Bertz CT molecular complexity index is 1550. The number of rotatable bonds is 8. The van der Waals surface area contributed by atoms with E-state index < -0.39 is 29.8 Å². The Morgan fingerprint density at radius 1 is 1.00 bits per heavy atom. The van der Waals surface area contributed by atoms with Gasteiger partial charge in [-0.25, -0.2) is 14.6 Å². The predicted octanol–water partition coefficient (Wildman–Crippen LogP) is 4.25. The van der Waals surface area contributed by atoms with Crippen molar-refractivity contribution in [2.75, 3.05) is 5.32 Å². The monoisotopic (exact) mass is 544 g/mol. The number of fused-ring (bicyclic) bond motifs is 1. The molecule has 0 radical (unpaired) electrons. The number of nitrogens with one attached hydrogen (secondary N) is 2. The molecule has 5 rings (SSSR count). The van der Waals surface area contributed by atoms with E-state index in [1.54, 1.807) is 36.8 Å². The fourth-order valence-electron chi connectivity index (χ4n) is 5.13. The highest BCUT2D eigenvalue weighted by Gasteiger charge is 2.25. The van der Waals surface area contributed by atoms with Gasteiger partial charge in [-0.05, 0) is 54.8 Å². The van der Waals surface area contributed by atoms with Crippen LogP contribution in [0.2, 0.25) is 0 Å². The Morgan fingerprint density at radius 3 is 2.40 bits per heavy atom. The molecule has 4 aromatic rings. The highest BCUT2D eigenvalue weighted by Crippen LogP contribution is 2.36. The molecule has 0 spiro atoms. The molecule has 40 heavy (non-hydrogen) atoms. The third-order valence-electron chi connectivity index (χ3n) is 7.12. The molecule has 1 aliphatic rings. The van der Waals surface area contributed by atoms with E-state index in [-0.39, 0.29) is 17.7 Å². The van der Waals surface area contributed by atoms with Crippen molar-refractivity contribution in [3.8, 4) is 11.4 Å². The molecule has 11 heteroatoms. The molecule has 0 aliphatic heterocycles. The standard InChI is InChI=1S/C29H28N4O7/c34-26(32-23(28(36)37)14-17-6-9-20(10-7-17)30-27(35)29(38)39)18-8-11-24-22(15-18)31-25(19-12-13-40-16-19)33(24)21-4-2-1-3-5-21/h6-13,15-16,21,23H,1-5,14H2,(H,30,35)(H,32,34)(H,36,37)(H,38,39)/t23-/m0/s1. The summed E-state index contributed by atoms with van der Waals surface area (Å²) in [5.41, 5.74) is 3.52. The zero-order valence-electron chi connectivity index (χ0n) is 21.5. The highest BCUT2D eigenvalue weighted by atomic mass is 16.4. The number of nitrogens with zero attached hydrogens (tertiary/aromatic N) is 2. The van der Waals surface area contributed by atoms with Crippen molar-refractivity contribution < 1.29 is 33.8 Å². The number of benzene rings is 2. The summed E-state index contributed by atoms with van der Waals surface area (Å²) < 4.78 is 7.53. The number of carbonyl (C=O) groups is 4. The normalized spacial score (nSPS) is 14.5. The molecular weight excluding hydrogens is 516 g/mol. The van der Waals surface area contributed by atoms with Crippen LogP contribution in [-0.2, 0) is 20.8 Å². The van der Waals surface area contributed by atoms with Crippen LogP contribution in [0, 0.1) is 0 Å². The van der Waals surface area contributed by atoms with E-state index in [0.29, 0.717) is 17.1 Å². The lowest BCUT2D eigenvalue weighted by atomic mass is 9.95. The van der Waals surface area contributed by atoms with Crippen molar-refractivity contribution in [2.24, 2.45) is 0 Å². The Labute approximate surface area is 228 Å². The molecule has 1 fully saturated rings. The number of aliphatic carboxylic acids is 2. The number of carbonyl (C=O) groups excluding carboxylic acids is 2. The molecule has 1 atom stereocenters. The minimum absolute atomic E-state index is 0.0164. The van der Waals surface area contributed by atoms with Crippen molar-refractivity contribution in [3.05, 3.63) is 72.2 Å². The van der Waals surface area contributed by atoms with Crippen molar-refractivity contribution >= 4 is 40.5 Å². The van der Waals surface area contributed by atoms with Gasteiger partial charge in [-0.3, -0.25) is 9.59 Å². The van der Waals surface area contributed by atoms with Crippen LogP contribution < -0.4 is 10.6 Å². The second-order valence-electron chi connectivity index (χ2n) is 9.84. The van der Waals surface area contributed by atoms with Crippen molar-refractivity contribution in [2.45, 2.75) is 50.6 Å². The van der Waals surface area contributed by atoms with Gasteiger partial charge in [0.25, 0.3) is 5.91 Å². The largest absolute Gasteiger partial charge is 0.480 e. The predicted molar refractivity (Wildman–Crippen MR) is 145 cm³/mol. The van der Waals surface area contributed by atoms with E-state index in [2.05, 4.69) is 15.2 Å². The maximum atomic E-state index is 13.1. The molecule has 2 heterocycles. The molecule has 2 amide bonds. The van der Waals surface area contributed by atoms with Gasteiger partial charge in [-0.2, -0.15) is 0 Å². The molecule has 1 aliphatic carbocycles. The van der Waals surface area contributed by atoms with Gasteiger partial charge in [0.15, 0.2) is 0 Å². The number of anilines is 1. The molecule has 2 aromatic heterocycles. The topological polar surface area (TPSA) is 164 Å². The van der Waals surface area contributed by atoms with Crippen molar-refractivity contribution in [3.63, 3.8) is 0 Å². The average molecular weight is 545 g/mol. The van der Waals surface area contributed by atoms with E-state index in [4.69, 9.17) is 14.5 Å². The van der Waals surface area contributed by atoms with E-state index in [0.717, 1.165) is 42.6 Å². The fraction of sp³-hybridized carbons (Fsp3) is 0.276. The Hall–Kier alpha value is -4.93. The number of aromatic nitrogens is 2. The smallest absolute Gasteiger partial charge is 0.394 e. The molecule has 11 nitrogen and oxygen atoms in total. The van der Waals surface area contributed by atoms with E-state index in [1.807, 2.05) is 12.1 Å². The van der Waals surface area contributed by atoms with E-state index in [1.165, 1.54) is 18.6 Å². The first-order valence-electron chi connectivity index (χ1n) is 13.0. The van der Waals surface area contributed by atoms with Crippen LogP contribution in [0.5, 0.6) is 0 Å². The number of carboxylic acids is 2. The first kappa shape index (κ1) is 26.7. The molecule has 0 bridgehead atoms. The van der Waals surface area contributed by atoms with Gasteiger partial charge in [0, 0.05) is 23.7 Å². The van der Waals surface area contributed by atoms with E-state index >= 15 is 0 Å². The van der Waals surface area contributed by atoms with Crippen LogP contribution in [0.1, 0.15) is 54.1 Å². The summed E-state index contributed by atoms with van der Waals surface area (Å²) in [7, 11) is 0. The number of furan rings is 1. The molecule has 206 valence electrons. The third kappa shape index (κ3) is 5.73. The molecule has 1 saturated carbocycles. The molecule has 4 N–H and O–H groups in total. The van der Waals surface area contributed by atoms with Crippen molar-refractivity contribution in [1.82, 2.24) is 14.9 Å². The van der Waals surface area contributed by atoms with Gasteiger partial charge in [0.1, 0.15) is 18.1 Å². The fourth-order valence-corrected chi connectivity index (χ4v) is 5.13. The Morgan fingerprint density at radius 2 is 1.75 bits per heavy atom. The summed E-state index contributed by atoms with van der Waals surface area (Å²) in [5.74, 6) is -3.77. The van der Waals surface area contributed by atoms with Gasteiger partial charge >= 0.3 is 17.8 Å². The summed E-state index contributed by atoms with van der Waals surface area (Å²) in [6.45, 7) is 0. The summed E-state index contributed by atoms with van der Waals surface area (Å²) in [6.07, 6.45) is 8.83. The quantitative estimate of drug-likeness (QED) is 0.239. The number of carboxylic acid groups (broad SMARTS) is 2. The zero-order chi connectivity index (χ0) is 28.2. The second-order valence-corrected chi connectivity index (χ2v) is 9.84. The Kier molecular flexibility index (Phi) is 7.63. The highest BCUT2D eigenvalue weighted by molar-refractivity contribution is 6.36. The first-order chi connectivity index (χ1) is 19.3. The first-order valence-corrected chi connectivity index (χ1v) is 13.0. The SMILES string of the molecule is O=C(O)C(=O)Nc1ccc(C[C@H](NC(=O)c2ccc3c(c2)nc(-c2ccoc2)n3C2CCCCC2)C(=O)O)cc1. The summed E-state index contributed by atoms with van der Waals surface area (Å²) in [4.78, 5) is 51.9. The van der Waals surface area contributed by atoms with Gasteiger partial charge in [-0.1, -0.05) is 31.4 Å². The number of hydrogen-bond donors (Lipinski definition) is 4. The van der Waals surface area contributed by atoms with Crippen LogP contribution in [0.4, 0.5) is 5.69 Å². The number of imidazole rings is 1. The average Bonchev–Trinajstić information content (AvgIpc) is 3.61. The van der Waals surface area contributed by atoms with Crippen LogP contribution in [0.25, 0.3) is 22.4 Å². The lowest BCUT2D eigenvalue weighted by Gasteiger charge is -2.25.